The zero-order valence-electron chi connectivity index (χ0n) is 21.8. The first-order valence-corrected chi connectivity index (χ1v) is 14.2. The first-order valence-electron chi connectivity index (χ1n) is 12.7. The molecule has 1 aromatic heterocycles. The van der Waals surface area contributed by atoms with Crippen molar-refractivity contribution in [3.8, 4) is 5.75 Å². The number of benzene rings is 1. The van der Waals surface area contributed by atoms with Gasteiger partial charge in [-0.1, -0.05) is 37.5 Å². The maximum Gasteiger partial charge on any atom is 0.413 e. The van der Waals surface area contributed by atoms with Crippen LogP contribution in [-0.4, -0.2) is 36.6 Å². The Morgan fingerprint density at radius 2 is 1.76 bits per heavy atom. The summed E-state index contributed by atoms with van der Waals surface area (Å²) in [6, 6.07) is 10.1. The molecule has 37 heavy (non-hydrogen) atoms. The summed E-state index contributed by atoms with van der Waals surface area (Å²) < 4.78 is 39.6. The minimum Gasteiger partial charge on any atom is -0.477 e. The highest BCUT2D eigenvalue weighted by Crippen LogP contribution is 2.45. The van der Waals surface area contributed by atoms with Gasteiger partial charge in [0, 0.05) is 12.8 Å². The Bertz CT molecular complexity index is 1280. The Hall–Kier alpha value is -3.14. The SMILES string of the molecule is Cc1ccc(C2CCCCC2)c(OC2(C(=O)NS(=O)(=O)c3cccc(NC(=O)OC(C)(C)C)n3)CC2)c1. The number of hydrogen-bond acceptors (Lipinski definition) is 7. The lowest BCUT2D eigenvalue weighted by Gasteiger charge is -2.26. The van der Waals surface area contributed by atoms with E-state index in [9.17, 15) is 18.0 Å². The van der Waals surface area contributed by atoms with Crippen LogP contribution in [0.5, 0.6) is 5.75 Å². The molecule has 0 bridgehead atoms. The number of rotatable bonds is 7. The molecule has 0 atom stereocenters. The van der Waals surface area contributed by atoms with E-state index in [4.69, 9.17) is 9.47 Å². The molecule has 4 rings (SSSR count). The van der Waals surface area contributed by atoms with Crippen LogP contribution in [0.4, 0.5) is 10.6 Å². The molecule has 0 radical (unpaired) electrons. The van der Waals surface area contributed by atoms with Gasteiger partial charge in [-0.2, -0.15) is 8.42 Å². The second-order valence-corrected chi connectivity index (χ2v) is 12.5. The molecule has 2 N–H and O–H groups in total. The van der Waals surface area contributed by atoms with Gasteiger partial charge in [-0.15, -0.1) is 0 Å². The quantitative estimate of drug-likeness (QED) is 0.505. The van der Waals surface area contributed by atoms with Crippen molar-refractivity contribution >= 4 is 27.8 Å². The van der Waals surface area contributed by atoms with Crippen LogP contribution in [0.3, 0.4) is 0 Å². The largest absolute Gasteiger partial charge is 0.477 e. The lowest BCUT2D eigenvalue weighted by Crippen LogP contribution is -2.43. The molecule has 0 aliphatic heterocycles. The normalized spacial score (nSPS) is 17.5. The number of aromatic nitrogens is 1. The van der Waals surface area contributed by atoms with E-state index in [1.807, 2.05) is 19.1 Å². The highest BCUT2D eigenvalue weighted by Gasteiger charge is 2.54. The number of carbonyl (C=O) groups is 2. The van der Waals surface area contributed by atoms with Crippen molar-refractivity contribution in [3.05, 3.63) is 47.5 Å². The van der Waals surface area contributed by atoms with Crippen molar-refractivity contribution in [1.82, 2.24) is 9.71 Å². The van der Waals surface area contributed by atoms with Crippen LogP contribution >= 0.6 is 0 Å². The second-order valence-electron chi connectivity index (χ2n) is 10.9. The van der Waals surface area contributed by atoms with Crippen LogP contribution in [0.1, 0.15) is 82.8 Å². The third-order valence-electron chi connectivity index (χ3n) is 6.49. The van der Waals surface area contributed by atoms with E-state index in [0.717, 1.165) is 36.8 Å². The van der Waals surface area contributed by atoms with E-state index in [2.05, 4.69) is 21.1 Å². The highest BCUT2D eigenvalue weighted by molar-refractivity contribution is 7.90. The number of amides is 2. The molecule has 1 aromatic carbocycles. The van der Waals surface area contributed by atoms with Crippen molar-refractivity contribution in [1.29, 1.82) is 0 Å². The van der Waals surface area contributed by atoms with Gasteiger partial charge in [-0.05, 0) is 75.8 Å². The van der Waals surface area contributed by atoms with Crippen molar-refractivity contribution < 1.29 is 27.5 Å². The molecule has 1 heterocycles. The van der Waals surface area contributed by atoms with Crippen molar-refractivity contribution in [2.24, 2.45) is 0 Å². The summed E-state index contributed by atoms with van der Waals surface area (Å²) in [7, 11) is -4.31. The molecular weight excluding hydrogens is 494 g/mol. The summed E-state index contributed by atoms with van der Waals surface area (Å²) in [5, 5.41) is 2.01. The monoisotopic (exact) mass is 529 g/mol. The molecule has 2 amide bonds. The van der Waals surface area contributed by atoms with Crippen LogP contribution in [0.15, 0.2) is 41.4 Å². The molecular formula is C27H35N3O6S. The fraction of sp³-hybridized carbons (Fsp3) is 0.519. The van der Waals surface area contributed by atoms with E-state index in [1.54, 1.807) is 20.8 Å². The predicted octanol–water partition coefficient (Wildman–Crippen LogP) is 5.20. The molecule has 2 fully saturated rings. The number of aryl methyl sites for hydroxylation is 1. The van der Waals surface area contributed by atoms with Crippen molar-refractivity contribution in [2.75, 3.05) is 5.32 Å². The molecule has 2 aliphatic rings. The Morgan fingerprint density at radius 1 is 1.05 bits per heavy atom. The van der Waals surface area contributed by atoms with Crippen LogP contribution in [0.2, 0.25) is 0 Å². The van der Waals surface area contributed by atoms with Gasteiger partial charge in [0.05, 0.1) is 0 Å². The zero-order chi connectivity index (χ0) is 26.8. The fourth-order valence-corrected chi connectivity index (χ4v) is 5.50. The Morgan fingerprint density at radius 3 is 2.41 bits per heavy atom. The maximum atomic E-state index is 13.2. The number of anilines is 1. The van der Waals surface area contributed by atoms with Crippen LogP contribution in [0.25, 0.3) is 0 Å². The maximum absolute atomic E-state index is 13.2. The topological polar surface area (TPSA) is 124 Å². The number of nitrogens with zero attached hydrogens (tertiary/aromatic N) is 1. The van der Waals surface area contributed by atoms with Crippen LogP contribution < -0.4 is 14.8 Å². The summed E-state index contributed by atoms with van der Waals surface area (Å²) in [5.74, 6) is 0.282. The Kier molecular flexibility index (Phi) is 7.50. The number of pyridine rings is 1. The van der Waals surface area contributed by atoms with Gasteiger partial charge >= 0.3 is 6.09 Å². The molecule has 9 nitrogen and oxygen atoms in total. The van der Waals surface area contributed by atoms with Crippen molar-refractivity contribution in [3.63, 3.8) is 0 Å². The predicted molar refractivity (Wildman–Crippen MR) is 139 cm³/mol. The van der Waals surface area contributed by atoms with E-state index < -0.39 is 38.3 Å². The molecule has 2 aliphatic carbocycles. The number of sulfonamides is 1. The van der Waals surface area contributed by atoms with Gasteiger partial charge in [0.15, 0.2) is 10.6 Å². The summed E-state index contributed by atoms with van der Waals surface area (Å²) in [4.78, 5) is 29.2. The minimum atomic E-state index is -4.31. The van der Waals surface area contributed by atoms with E-state index in [-0.39, 0.29) is 5.82 Å². The Labute approximate surface area is 218 Å². The lowest BCUT2D eigenvalue weighted by molar-refractivity contribution is -0.128. The first kappa shape index (κ1) is 26.9. The number of ether oxygens (including phenoxy) is 2. The van der Waals surface area contributed by atoms with E-state index in [0.29, 0.717) is 24.5 Å². The van der Waals surface area contributed by atoms with E-state index in [1.165, 1.54) is 24.6 Å². The number of nitrogens with one attached hydrogen (secondary N) is 2. The molecule has 0 unspecified atom stereocenters. The zero-order valence-corrected chi connectivity index (χ0v) is 22.6. The average Bonchev–Trinajstić information content (AvgIpc) is 3.59. The summed E-state index contributed by atoms with van der Waals surface area (Å²) in [6.07, 6.45) is 5.77. The van der Waals surface area contributed by atoms with Gasteiger partial charge in [0.1, 0.15) is 17.2 Å². The molecule has 0 spiro atoms. The van der Waals surface area contributed by atoms with Gasteiger partial charge < -0.3 is 9.47 Å². The molecule has 200 valence electrons. The van der Waals surface area contributed by atoms with Gasteiger partial charge in [-0.25, -0.2) is 14.5 Å². The molecule has 2 aromatic rings. The molecule has 2 saturated carbocycles. The van der Waals surface area contributed by atoms with E-state index >= 15 is 0 Å². The third-order valence-corrected chi connectivity index (χ3v) is 7.72. The summed E-state index contributed by atoms with van der Waals surface area (Å²) in [6.45, 7) is 7.09. The number of carbonyl (C=O) groups excluding carboxylic acids is 2. The summed E-state index contributed by atoms with van der Waals surface area (Å²) in [5.41, 5.74) is 0.122. The van der Waals surface area contributed by atoms with Gasteiger partial charge in [0.2, 0.25) is 0 Å². The Balaban J connectivity index is 1.48. The van der Waals surface area contributed by atoms with Crippen LogP contribution in [0, 0.1) is 6.92 Å². The fourth-order valence-electron chi connectivity index (χ4n) is 4.49. The van der Waals surface area contributed by atoms with Crippen LogP contribution in [-0.2, 0) is 19.6 Å². The average molecular weight is 530 g/mol. The smallest absolute Gasteiger partial charge is 0.413 e. The standard InChI is InChI=1S/C27H35N3O6S/c1-18-13-14-20(19-9-6-5-7-10-19)21(17-18)35-27(15-16-27)24(31)30-37(33,34)23-12-8-11-22(28-23)29-25(32)36-26(2,3)4/h8,11-14,17,19H,5-7,9-10,15-16H2,1-4H3,(H,30,31)(H,28,29,32). The van der Waals surface area contributed by atoms with Gasteiger partial charge in [-0.3, -0.25) is 10.1 Å². The van der Waals surface area contributed by atoms with Crippen molar-refractivity contribution in [2.45, 2.75) is 94.8 Å². The third kappa shape index (κ3) is 6.80. The number of hydrogen-bond donors (Lipinski definition) is 2. The molecule has 10 heteroatoms. The van der Waals surface area contributed by atoms with Gasteiger partial charge in [0.25, 0.3) is 15.9 Å². The summed E-state index contributed by atoms with van der Waals surface area (Å²) >= 11 is 0. The second kappa shape index (κ2) is 10.3. The highest BCUT2D eigenvalue weighted by atomic mass is 32.2. The first-order chi connectivity index (χ1) is 17.4. The lowest BCUT2D eigenvalue weighted by atomic mass is 9.83. The minimum absolute atomic E-state index is 0.0150. The molecule has 0 saturated heterocycles.